The molecule has 0 saturated carbocycles. The quantitative estimate of drug-likeness (QED) is 0.492. The molecule has 0 aromatic heterocycles. The van der Waals surface area contributed by atoms with Gasteiger partial charge in [-0.05, 0) is 43.6 Å². The molecule has 7 heteroatoms. The minimum absolute atomic E-state index is 0.0495. The van der Waals surface area contributed by atoms with E-state index in [4.69, 9.17) is 4.74 Å². The highest BCUT2D eigenvalue weighted by Gasteiger charge is 2.32. The predicted molar refractivity (Wildman–Crippen MR) is 130 cm³/mol. The second-order valence-electron chi connectivity index (χ2n) is 9.79. The van der Waals surface area contributed by atoms with Gasteiger partial charge in [-0.2, -0.15) is 0 Å². The topological polar surface area (TPSA) is 95.9 Å². The standard InChI is InChI=1S/C27H38N2O5/c1-19(2)24-18-34-27(33)22(15-20-9-4-3-5-10-20)12-7-6-11-21(26(32)28-24)16-25(31)29-14-8-13-23(29)17-30/h3-7,9-10,19,21-24,30H,8,11-18H2,1-2H3,(H,28,32)/t21-,22-,23+,24-/m1/s1. The molecule has 0 radical (unpaired) electrons. The van der Waals surface area contributed by atoms with Crippen LogP contribution in [0, 0.1) is 17.8 Å². The number of hydrogen-bond acceptors (Lipinski definition) is 5. The summed E-state index contributed by atoms with van der Waals surface area (Å²) >= 11 is 0. The van der Waals surface area contributed by atoms with Crippen molar-refractivity contribution in [3.05, 3.63) is 48.0 Å². The number of nitrogens with one attached hydrogen (secondary N) is 1. The molecule has 1 fully saturated rings. The predicted octanol–water partition coefficient (Wildman–Crippen LogP) is 2.87. The summed E-state index contributed by atoms with van der Waals surface area (Å²) in [7, 11) is 0. The average molecular weight is 471 g/mol. The van der Waals surface area contributed by atoms with Gasteiger partial charge >= 0.3 is 5.97 Å². The molecule has 4 atom stereocenters. The fourth-order valence-corrected chi connectivity index (χ4v) is 4.64. The summed E-state index contributed by atoms with van der Waals surface area (Å²) in [6.45, 7) is 4.63. The molecule has 0 spiro atoms. The van der Waals surface area contributed by atoms with Gasteiger partial charge in [-0.25, -0.2) is 0 Å². The van der Waals surface area contributed by atoms with Crippen molar-refractivity contribution in [1.82, 2.24) is 10.2 Å². The summed E-state index contributed by atoms with van der Waals surface area (Å²) in [5.41, 5.74) is 1.08. The fourth-order valence-electron chi connectivity index (χ4n) is 4.64. The zero-order valence-electron chi connectivity index (χ0n) is 20.3. The summed E-state index contributed by atoms with van der Waals surface area (Å²) in [5, 5.41) is 12.6. The van der Waals surface area contributed by atoms with Crippen molar-refractivity contribution >= 4 is 17.8 Å². The molecule has 3 rings (SSSR count). The first-order valence-corrected chi connectivity index (χ1v) is 12.4. The van der Waals surface area contributed by atoms with Gasteiger partial charge < -0.3 is 20.1 Å². The number of likely N-dealkylation sites (tertiary alicyclic amines) is 1. The highest BCUT2D eigenvalue weighted by atomic mass is 16.5. The van der Waals surface area contributed by atoms with E-state index in [0.717, 1.165) is 18.4 Å². The van der Waals surface area contributed by atoms with Gasteiger partial charge in [0.05, 0.1) is 30.5 Å². The van der Waals surface area contributed by atoms with E-state index in [1.807, 2.05) is 56.3 Å². The molecular formula is C27H38N2O5. The maximum atomic E-state index is 13.1. The smallest absolute Gasteiger partial charge is 0.309 e. The molecule has 2 heterocycles. The Labute approximate surface area is 202 Å². The number of aliphatic hydroxyl groups is 1. The van der Waals surface area contributed by atoms with Crippen LogP contribution in [0.5, 0.6) is 0 Å². The fraction of sp³-hybridized carbons (Fsp3) is 0.593. The van der Waals surface area contributed by atoms with Crippen LogP contribution in [-0.4, -0.2) is 59.6 Å². The summed E-state index contributed by atoms with van der Waals surface area (Å²) in [6, 6.07) is 9.39. The lowest BCUT2D eigenvalue weighted by Crippen LogP contribution is -2.47. The molecule has 34 heavy (non-hydrogen) atoms. The summed E-state index contributed by atoms with van der Waals surface area (Å²) in [4.78, 5) is 40.7. The number of ether oxygens (including phenoxy) is 1. The van der Waals surface area contributed by atoms with Gasteiger partial charge in [0.1, 0.15) is 6.61 Å². The first-order chi connectivity index (χ1) is 16.4. The van der Waals surface area contributed by atoms with Crippen molar-refractivity contribution in [3.63, 3.8) is 0 Å². The van der Waals surface area contributed by atoms with Crippen molar-refractivity contribution < 1.29 is 24.2 Å². The van der Waals surface area contributed by atoms with Crippen LogP contribution in [0.15, 0.2) is 42.5 Å². The van der Waals surface area contributed by atoms with E-state index >= 15 is 0 Å². The van der Waals surface area contributed by atoms with Crippen LogP contribution in [0.2, 0.25) is 0 Å². The van der Waals surface area contributed by atoms with Gasteiger partial charge in [0.2, 0.25) is 11.8 Å². The van der Waals surface area contributed by atoms with Gasteiger partial charge in [-0.3, -0.25) is 14.4 Å². The number of allylic oxidation sites excluding steroid dienone is 2. The van der Waals surface area contributed by atoms with Gasteiger partial charge in [-0.15, -0.1) is 0 Å². The second kappa shape index (κ2) is 12.7. The zero-order valence-corrected chi connectivity index (χ0v) is 20.3. The summed E-state index contributed by atoms with van der Waals surface area (Å²) in [6.07, 6.45) is 7.12. The van der Waals surface area contributed by atoms with E-state index in [0.29, 0.717) is 25.8 Å². The SMILES string of the molecule is CC(C)[C@H]1COC(=O)[C@@H](Cc2ccccc2)CC=CC[C@H](CC(=O)N2CCC[C@H]2CO)C(=O)N1. The van der Waals surface area contributed by atoms with Gasteiger partial charge in [0, 0.05) is 13.0 Å². The van der Waals surface area contributed by atoms with Crippen LogP contribution in [0.25, 0.3) is 0 Å². The van der Waals surface area contributed by atoms with Crippen LogP contribution in [0.1, 0.15) is 51.5 Å². The number of benzene rings is 1. The van der Waals surface area contributed by atoms with E-state index < -0.39 is 5.92 Å². The van der Waals surface area contributed by atoms with Gasteiger partial charge in [0.15, 0.2) is 0 Å². The van der Waals surface area contributed by atoms with Crippen molar-refractivity contribution in [1.29, 1.82) is 0 Å². The number of aliphatic hydroxyl groups excluding tert-OH is 1. The summed E-state index contributed by atoms with van der Waals surface area (Å²) in [5.74, 6) is -1.30. The molecular weight excluding hydrogens is 432 g/mol. The number of nitrogens with zero attached hydrogens (tertiary/aromatic N) is 1. The Morgan fingerprint density at radius 1 is 1.15 bits per heavy atom. The third kappa shape index (κ3) is 7.16. The maximum Gasteiger partial charge on any atom is 0.309 e. The zero-order chi connectivity index (χ0) is 24.5. The van der Waals surface area contributed by atoms with Crippen molar-refractivity contribution in [2.45, 2.75) is 64.5 Å². The molecule has 1 aromatic carbocycles. The lowest BCUT2D eigenvalue weighted by atomic mass is 9.93. The third-order valence-electron chi connectivity index (χ3n) is 6.90. The number of hydrogen-bond donors (Lipinski definition) is 2. The molecule has 2 aliphatic heterocycles. The Bertz CT molecular complexity index is 854. The number of amides is 2. The van der Waals surface area contributed by atoms with Gasteiger partial charge in [-0.1, -0.05) is 56.3 Å². The lowest BCUT2D eigenvalue weighted by molar-refractivity contribution is -0.150. The molecule has 186 valence electrons. The number of carbonyl (C=O) groups excluding carboxylic acids is 3. The molecule has 0 unspecified atom stereocenters. The highest BCUT2D eigenvalue weighted by molar-refractivity contribution is 5.86. The average Bonchev–Trinajstić information content (AvgIpc) is 3.31. The van der Waals surface area contributed by atoms with Crippen molar-refractivity contribution in [3.8, 4) is 0 Å². The summed E-state index contributed by atoms with van der Waals surface area (Å²) < 4.78 is 5.66. The van der Waals surface area contributed by atoms with Crippen LogP contribution in [0.3, 0.4) is 0 Å². The van der Waals surface area contributed by atoms with Crippen LogP contribution in [-0.2, 0) is 25.5 Å². The second-order valence-corrected chi connectivity index (χ2v) is 9.79. The van der Waals surface area contributed by atoms with Crippen LogP contribution < -0.4 is 5.32 Å². The normalized spacial score (nSPS) is 26.5. The minimum Gasteiger partial charge on any atom is -0.463 e. The molecule has 2 aliphatic rings. The number of carbonyl (C=O) groups is 3. The third-order valence-corrected chi connectivity index (χ3v) is 6.90. The Morgan fingerprint density at radius 3 is 2.53 bits per heavy atom. The first kappa shape index (κ1) is 25.9. The van der Waals surface area contributed by atoms with E-state index in [1.54, 1.807) is 4.90 Å². The minimum atomic E-state index is -0.507. The van der Waals surface area contributed by atoms with Crippen LogP contribution >= 0.6 is 0 Å². The van der Waals surface area contributed by atoms with Crippen molar-refractivity contribution in [2.24, 2.45) is 17.8 Å². The van der Waals surface area contributed by atoms with Crippen molar-refractivity contribution in [2.75, 3.05) is 19.8 Å². The van der Waals surface area contributed by atoms with E-state index in [2.05, 4.69) is 5.32 Å². The van der Waals surface area contributed by atoms with E-state index in [9.17, 15) is 19.5 Å². The Morgan fingerprint density at radius 2 is 1.85 bits per heavy atom. The largest absolute Gasteiger partial charge is 0.463 e. The monoisotopic (exact) mass is 470 g/mol. The Kier molecular flexibility index (Phi) is 9.69. The molecule has 7 nitrogen and oxygen atoms in total. The van der Waals surface area contributed by atoms with E-state index in [1.165, 1.54) is 0 Å². The molecule has 0 aliphatic carbocycles. The number of rotatable bonds is 6. The van der Waals surface area contributed by atoms with E-state index in [-0.39, 0.29) is 61.3 Å². The number of esters is 1. The molecule has 2 amide bonds. The molecule has 1 aromatic rings. The molecule has 1 saturated heterocycles. The van der Waals surface area contributed by atoms with Crippen LogP contribution in [0.4, 0.5) is 0 Å². The molecule has 0 bridgehead atoms. The lowest BCUT2D eigenvalue weighted by Gasteiger charge is -2.28. The highest BCUT2D eigenvalue weighted by Crippen LogP contribution is 2.23. The Balaban J connectivity index is 1.75. The van der Waals surface area contributed by atoms with Gasteiger partial charge in [0.25, 0.3) is 0 Å². The maximum absolute atomic E-state index is 13.1. The Hall–Kier alpha value is -2.67. The number of cyclic esters (lactones) is 1. The molecule has 2 N–H and O–H groups in total. The first-order valence-electron chi connectivity index (χ1n) is 12.4.